The molecule has 2 nitrogen and oxygen atoms in total. The van der Waals surface area contributed by atoms with Gasteiger partial charge in [0.2, 0.25) is 5.78 Å². The van der Waals surface area contributed by atoms with E-state index in [1.54, 1.807) is 0 Å². The molecule has 0 heterocycles. The molecule has 0 aromatic rings. The van der Waals surface area contributed by atoms with Crippen molar-refractivity contribution in [1.82, 2.24) is 0 Å². The molecule has 0 aromatic carbocycles. The molecule has 1 unspecified atom stereocenters. The minimum absolute atomic E-state index is 0.101. The van der Waals surface area contributed by atoms with Crippen molar-refractivity contribution in [3.05, 3.63) is 0 Å². The minimum atomic E-state index is -0.101. The Morgan fingerprint density at radius 2 is 2.00 bits per heavy atom. The van der Waals surface area contributed by atoms with E-state index in [9.17, 15) is 4.79 Å². The fraction of sp³-hybridized carbons (Fsp3) is 0.750. The number of nitrogens with two attached hydrogens (primary N) is 1. The van der Waals surface area contributed by atoms with Gasteiger partial charge in [-0.1, -0.05) is 20.8 Å². The second kappa shape index (κ2) is 5.82. The van der Waals surface area contributed by atoms with Crippen LogP contribution in [0.5, 0.6) is 0 Å². The normalized spacial score (nSPS) is 13.4. The van der Waals surface area contributed by atoms with Gasteiger partial charge in [0.05, 0.1) is 0 Å². The van der Waals surface area contributed by atoms with Gasteiger partial charge in [0.15, 0.2) is 0 Å². The largest absolute Gasteiger partial charge is 0.330 e. The predicted molar refractivity (Wildman–Crippen MR) is 59.7 cm³/mol. The standard InChI is InChI=1S/C12H21NO/c1-5-11(14)7-6-10(8-9-13)12(2,3)4/h1,10H,6-9,13H2,2-4H3. The highest BCUT2D eigenvalue weighted by Gasteiger charge is 2.23. The molecule has 2 heteroatoms. The van der Waals surface area contributed by atoms with Gasteiger partial charge in [0, 0.05) is 6.42 Å². The molecule has 0 spiro atoms. The van der Waals surface area contributed by atoms with Crippen LogP contribution in [0, 0.1) is 23.7 Å². The van der Waals surface area contributed by atoms with Gasteiger partial charge in [0.25, 0.3) is 0 Å². The van der Waals surface area contributed by atoms with Crippen LogP contribution >= 0.6 is 0 Å². The van der Waals surface area contributed by atoms with Gasteiger partial charge < -0.3 is 5.73 Å². The van der Waals surface area contributed by atoms with Gasteiger partial charge >= 0.3 is 0 Å². The smallest absolute Gasteiger partial charge is 0.205 e. The van der Waals surface area contributed by atoms with Crippen molar-refractivity contribution in [3.8, 4) is 12.3 Å². The maximum Gasteiger partial charge on any atom is 0.205 e. The first-order chi connectivity index (χ1) is 6.41. The van der Waals surface area contributed by atoms with Crippen LogP contribution in [0.15, 0.2) is 0 Å². The third-order valence-corrected chi connectivity index (χ3v) is 2.62. The van der Waals surface area contributed by atoms with Crippen LogP contribution in [-0.2, 0) is 4.79 Å². The molecule has 0 saturated heterocycles. The number of ketones is 1. The van der Waals surface area contributed by atoms with Crippen LogP contribution in [0.3, 0.4) is 0 Å². The van der Waals surface area contributed by atoms with Gasteiger partial charge in [-0.15, -0.1) is 6.42 Å². The molecule has 0 bridgehead atoms. The molecule has 14 heavy (non-hydrogen) atoms. The predicted octanol–water partition coefficient (Wildman–Crippen LogP) is 1.98. The zero-order valence-electron chi connectivity index (χ0n) is 9.47. The van der Waals surface area contributed by atoms with E-state index in [0.717, 1.165) is 12.8 Å². The Balaban J connectivity index is 4.12. The zero-order valence-corrected chi connectivity index (χ0v) is 9.47. The number of Topliss-reactive ketones (excluding diaryl/α,β-unsaturated/α-hetero) is 1. The van der Waals surface area contributed by atoms with Gasteiger partial charge in [0.1, 0.15) is 0 Å². The van der Waals surface area contributed by atoms with Crippen LogP contribution in [0.4, 0.5) is 0 Å². The summed E-state index contributed by atoms with van der Waals surface area (Å²) in [6, 6.07) is 0. The average molecular weight is 195 g/mol. The van der Waals surface area contributed by atoms with Gasteiger partial charge in [-0.05, 0) is 36.6 Å². The Morgan fingerprint density at radius 3 is 2.36 bits per heavy atom. The molecule has 1 atom stereocenters. The van der Waals surface area contributed by atoms with Crippen LogP contribution in [-0.4, -0.2) is 12.3 Å². The second-order valence-corrected chi connectivity index (χ2v) is 4.75. The Morgan fingerprint density at radius 1 is 1.43 bits per heavy atom. The van der Waals surface area contributed by atoms with Crippen molar-refractivity contribution in [2.24, 2.45) is 17.1 Å². The summed E-state index contributed by atoms with van der Waals surface area (Å²) in [6.07, 6.45) is 7.31. The maximum absolute atomic E-state index is 11.0. The van der Waals surface area contributed by atoms with Crippen molar-refractivity contribution in [3.63, 3.8) is 0 Å². The van der Waals surface area contributed by atoms with Crippen LogP contribution in [0.25, 0.3) is 0 Å². The summed E-state index contributed by atoms with van der Waals surface area (Å²) in [5, 5.41) is 0. The fourth-order valence-corrected chi connectivity index (χ4v) is 1.59. The van der Waals surface area contributed by atoms with Gasteiger partial charge in [-0.2, -0.15) is 0 Å². The fourth-order valence-electron chi connectivity index (χ4n) is 1.59. The summed E-state index contributed by atoms with van der Waals surface area (Å²) >= 11 is 0. The highest BCUT2D eigenvalue weighted by atomic mass is 16.1. The summed E-state index contributed by atoms with van der Waals surface area (Å²) in [6.45, 7) is 7.20. The number of carbonyl (C=O) groups excluding carboxylic acids is 1. The number of carbonyl (C=O) groups is 1. The number of hydrogen-bond acceptors (Lipinski definition) is 2. The van der Waals surface area contributed by atoms with Crippen molar-refractivity contribution in [2.75, 3.05) is 6.54 Å². The Hall–Kier alpha value is -0.810. The average Bonchev–Trinajstić information content (AvgIpc) is 2.09. The first kappa shape index (κ1) is 13.2. The highest BCUT2D eigenvalue weighted by Crippen LogP contribution is 2.31. The summed E-state index contributed by atoms with van der Waals surface area (Å²) in [7, 11) is 0. The van der Waals surface area contributed by atoms with Crippen molar-refractivity contribution >= 4 is 5.78 Å². The minimum Gasteiger partial charge on any atom is -0.330 e. The second-order valence-electron chi connectivity index (χ2n) is 4.75. The molecular formula is C12H21NO. The lowest BCUT2D eigenvalue weighted by atomic mass is 9.76. The molecular weight excluding hydrogens is 174 g/mol. The Bertz CT molecular complexity index is 219. The lowest BCUT2D eigenvalue weighted by molar-refractivity contribution is -0.114. The topological polar surface area (TPSA) is 43.1 Å². The SMILES string of the molecule is C#CC(=O)CCC(CCN)C(C)(C)C. The molecule has 0 saturated carbocycles. The lowest BCUT2D eigenvalue weighted by Crippen LogP contribution is -2.24. The van der Waals surface area contributed by atoms with Crippen LogP contribution < -0.4 is 5.73 Å². The molecule has 2 N–H and O–H groups in total. The number of terminal acetylenes is 1. The Kier molecular flexibility index (Phi) is 5.49. The third kappa shape index (κ3) is 5.04. The first-order valence-corrected chi connectivity index (χ1v) is 5.11. The van der Waals surface area contributed by atoms with Gasteiger partial charge in [-0.3, -0.25) is 4.79 Å². The van der Waals surface area contributed by atoms with E-state index >= 15 is 0 Å². The monoisotopic (exact) mass is 195 g/mol. The van der Waals surface area contributed by atoms with Crippen molar-refractivity contribution < 1.29 is 4.79 Å². The van der Waals surface area contributed by atoms with Crippen molar-refractivity contribution in [1.29, 1.82) is 0 Å². The number of rotatable bonds is 5. The summed E-state index contributed by atoms with van der Waals surface area (Å²) in [5.74, 6) is 2.52. The van der Waals surface area contributed by atoms with E-state index in [-0.39, 0.29) is 11.2 Å². The first-order valence-electron chi connectivity index (χ1n) is 5.11. The summed E-state index contributed by atoms with van der Waals surface area (Å²) in [4.78, 5) is 11.0. The van der Waals surface area contributed by atoms with Gasteiger partial charge in [-0.25, -0.2) is 0 Å². The highest BCUT2D eigenvalue weighted by molar-refractivity contribution is 5.94. The van der Waals surface area contributed by atoms with Crippen LogP contribution in [0.2, 0.25) is 0 Å². The zero-order chi connectivity index (χ0) is 11.2. The van der Waals surface area contributed by atoms with E-state index in [0.29, 0.717) is 18.9 Å². The molecule has 0 aliphatic rings. The van der Waals surface area contributed by atoms with Crippen molar-refractivity contribution in [2.45, 2.75) is 40.0 Å². The molecule has 0 aliphatic carbocycles. The van der Waals surface area contributed by atoms with E-state index in [1.807, 2.05) is 0 Å². The Labute approximate surface area is 87.3 Å². The molecule has 0 aromatic heterocycles. The van der Waals surface area contributed by atoms with Crippen LogP contribution in [0.1, 0.15) is 40.0 Å². The maximum atomic E-state index is 11.0. The molecule has 0 aliphatic heterocycles. The molecule has 0 rings (SSSR count). The number of hydrogen-bond donors (Lipinski definition) is 1. The quantitative estimate of drug-likeness (QED) is 0.538. The molecule has 0 fully saturated rings. The third-order valence-electron chi connectivity index (χ3n) is 2.62. The molecule has 0 amide bonds. The lowest BCUT2D eigenvalue weighted by Gasteiger charge is -2.30. The van der Waals surface area contributed by atoms with E-state index < -0.39 is 0 Å². The summed E-state index contributed by atoms with van der Waals surface area (Å²) in [5.41, 5.74) is 5.74. The summed E-state index contributed by atoms with van der Waals surface area (Å²) < 4.78 is 0. The van der Waals surface area contributed by atoms with E-state index in [4.69, 9.17) is 12.2 Å². The van der Waals surface area contributed by atoms with E-state index in [2.05, 4.69) is 26.7 Å². The molecule has 0 radical (unpaired) electrons. The molecule has 80 valence electrons. The van der Waals surface area contributed by atoms with E-state index in [1.165, 1.54) is 0 Å².